The third kappa shape index (κ3) is 2.92. The van der Waals surface area contributed by atoms with Gasteiger partial charge in [0, 0.05) is 6.20 Å². The number of aromatic nitrogens is 1. The molecule has 1 aromatic rings. The maximum absolute atomic E-state index is 11.5. The summed E-state index contributed by atoms with van der Waals surface area (Å²) in [7, 11) is 0. The fourth-order valence-electron chi connectivity index (χ4n) is 1.23. The molecule has 16 heavy (non-hydrogen) atoms. The minimum Gasteiger partial charge on any atom is -0.462 e. The number of pyridine rings is 1. The SMILES string of the molecule is CCOC(=O)c1ccnc(C(C)=C(C)C)c1. The lowest BCUT2D eigenvalue weighted by Crippen LogP contribution is -2.05. The summed E-state index contributed by atoms with van der Waals surface area (Å²) < 4.78 is 4.94. The van der Waals surface area contributed by atoms with Crippen LogP contribution in [-0.2, 0) is 4.74 Å². The van der Waals surface area contributed by atoms with Crippen molar-refractivity contribution < 1.29 is 9.53 Å². The van der Waals surface area contributed by atoms with Gasteiger partial charge in [-0.1, -0.05) is 5.57 Å². The first kappa shape index (κ1) is 12.4. The molecule has 86 valence electrons. The molecule has 0 atom stereocenters. The van der Waals surface area contributed by atoms with E-state index in [1.54, 1.807) is 25.3 Å². The van der Waals surface area contributed by atoms with E-state index in [1.165, 1.54) is 5.57 Å². The highest BCUT2D eigenvalue weighted by atomic mass is 16.5. The van der Waals surface area contributed by atoms with Crippen molar-refractivity contribution in [2.45, 2.75) is 27.7 Å². The predicted molar refractivity (Wildman–Crippen MR) is 64.1 cm³/mol. The topological polar surface area (TPSA) is 39.2 Å². The monoisotopic (exact) mass is 219 g/mol. The number of hydrogen-bond donors (Lipinski definition) is 0. The summed E-state index contributed by atoms with van der Waals surface area (Å²) in [4.78, 5) is 15.8. The second-order valence-corrected chi connectivity index (χ2v) is 3.78. The van der Waals surface area contributed by atoms with Gasteiger partial charge in [0.1, 0.15) is 0 Å². The normalized spacial score (nSPS) is 9.75. The molecule has 0 aliphatic rings. The van der Waals surface area contributed by atoms with Crippen LogP contribution >= 0.6 is 0 Å². The van der Waals surface area contributed by atoms with Crippen LogP contribution in [0.4, 0.5) is 0 Å². The summed E-state index contributed by atoms with van der Waals surface area (Å²) >= 11 is 0. The maximum atomic E-state index is 11.5. The first-order valence-corrected chi connectivity index (χ1v) is 5.34. The van der Waals surface area contributed by atoms with Gasteiger partial charge in [0.2, 0.25) is 0 Å². The minimum absolute atomic E-state index is 0.298. The van der Waals surface area contributed by atoms with Crippen molar-refractivity contribution in [2.24, 2.45) is 0 Å². The van der Waals surface area contributed by atoms with Gasteiger partial charge in [-0.15, -0.1) is 0 Å². The molecular formula is C13H17NO2. The second kappa shape index (κ2) is 5.45. The zero-order valence-corrected chi connectivity index (χ0v) is 10.2. The molecule has 0 fully saturated rings. The van der Waals surface area contributed by atoms with E-state index in [-0.39, 0.29) is 5.97 Å². The van der Waals surface area contributed by atoms with Gasteiger partial charge in [-0.05, 0) is 45.4 Å². The Morgan fingerprint density at radius 3 is 2.62 bits per heavy atom. The third-order valence-electron chi connectivity index (χ3n) is 2.41. The van der Waals surface area contributed by atoms with E-state index in [0.717, 1.165) is 11.3 Å². The van der Waals surface area contributed by atoms with Crippen molar-refractivity contribution in [3.05, 3.63) is 35.2 Å². The Labute approximate surface area is 96.2 Å². The van der Waals surface area contributed by atoms with Crippen LogP contribution in [0.1, 0.15) is 43.7 Å². The first-order valence-electron chi connectivity index (χ1n) is 5.34. The molecule has 0 radical (unpaired) electrons. The van der Waals surface area contributed by atoms with Gasteiger partial charge in [0.15, 0.2) is 0 Å². The standard InChI is InChI=1S/C13H17NO2/c1-5-16-13(15)11-6-7-14-12(8-11)10(4)9(2)3/h6-8H,5H2,1-4H3. The van der Waals surface area contributed by atoms with Gasteiger partial charge in [-0.3, -0.25) is 4.98 Å². The summed E-state index contributed by atoms with van der Waals surface area (Å²) in [6, 6.07) is 3.43. The molecule has 3 heteroatoms. The molecule has 3 nitrogen and oxygen atoms in total. The van der Waals surface area contributed by atoms with Crippen LogP contribution in [-0.4, -0.2) is 17.6 Å². The van der Waals surface area contributed by atoms with E-state index in [2.05, 4.69) is 4.98 Å². The van der Waals surface area contributed by atoms with Crippen molar-refractivity contribution in [3.8, 4) is 0 Å². The van der Waals surface area contributed by atoms with Gasteiger partial charge in [-0.2, -0.15) is 0 Å². The maximum Gasteiger partial charge on any atom is 0.338 e. The lowest BCUT2D eigenvalue weighted by atomic mass is 10.1. The molecule has 0 amide bonds. The zero-order valence-electron chi connectivity index (χ0n) is 10.2. The van der Waals surface area contributed by atoms with E-state index >= 15 is 0 Å². The largest absolute Gasteiger partial charge is 0.462 e. The van der Waals surface area contributed by atoms with Crippen LogP contribution in [0, 0.1) is 0 Å². The van der Waals surface area contributed by atoms with E-state index in [1.807, 2.05) is 20.8 Å². The fourth-order valence-corrected chi connectivity index (χ4v) is 1.23. The van der Waals surface area contributed by atoms with E-state index in [9.17, 15) is 4.79 Å². The summed E-state index contributed by atoms with van der Waals surface area (Å²) in [5.41, 5.74) is 3.65. The van der Waals surface area contributed by atoms with E-state index in [0.29, 0.717) is 12.2 Å². The number of allylic oxidation sites excluding steroid dienone is 2. The molecule has 1 rings (SSSR count). The minimum atomic E-state index is -0.298. The molecule has 0 saturated heterocycles. The number of nitrogens with zero attached hydrogens (tertiary/aromatic N) is 1. The molecule has 0 aromatic carbocycles. The van der Waals surface area contributed by atoms with Crippen LogP contribution < -0.4 is 0 Å². The number of hydrogen-bond acceptors (Lipinski definition) is 3. The van der Waals surface area contributed by atoms with E-state index < -0.39 is 0 Å². The summed E-state index contributed by atoms with van der Waals surface area (Å²) in [5, 5.41) is 0. The Balaban J connectivity index is 3.05. The summed E-state index contributed by atoms with van der Waals surface area (Å²) in [6.45, 7) is 8.22. The van der Waals surface area contributed by atoms with Gasteiger partial charge >= 0.3 is 5.97 Å². The average molecular weight is 219 g/mol. The van der Waals surface area contributed by atoms with Crippen LogP contribution in [0.2, 0.25) is 0 Å². The molecule has 0 saturated carbocycles. The second-order valence-electron chi connectivity index (χ2n) is 3.78. The van der Waals surface area contributed by atoms with Gasteiger partial charge in [-0.25, -0.2) is 4.79 Å². The molecule has 0 N–H and O–H groups in total. The molecule has 0 spiro atoms. The zero-order chi connectivity index (χ0) is 12.1. The average Bonchev–Trinajstić information content (AvgIpc) is 2.28. The van der Waals surface area contributed by atoms with Crippen molar-refractivity contribution in [2.75, 3.05) is 6.61 Å². The number of rotatable bonds is 3. The third-order valence-corrected chi connectivity index (χ3v) is 2.41. The quantitative estimate of drug-likeness (QED) is 0.733. The molecule has 1 heterocycles. The smallest absolute Gasteiger partial charge is 0.338 e. The van der Waals surface area contributed by atoms with Crippen molar-refractivity contribution in [3.63, 3.8) is 0 Å². The Hall–Kier alpha value is -1.64. The van der Waals surface area contributed by atoms with E-state index in [4.69, 9.17) is 4.74 Å². The van der Waals surface area contributed by atoms with Crippen molar-refractivity contribution >= 4 is 11.5 Å². The first-order chi connectivity index (χ1) is 7.56. The molecule has 0 aliphatic heterocycles. The van der Waals surface area contributed by atoms with Crippen LogP contribution in [0.15, 0.2) is 23.9 Å². The molecule has 0 unspecified atom stereocenters. The fraction of sp³-hybridized carbons (Fsp3) is 0.385. The lowest BCUT2D eigenvalue weighted by Gasteiger charge is -2.06. The van der Waals surface area contributed by atoms with Crippen LogP contribution in [0.3, 0.4) is 0 Å². The molecule has 1 aromatic heterocycles. The molecular weight excluding hydrogens is 202 g/mol. The number of carbonyl (C=O) groups is 1. The summed E-state index contributed by atoms with van der Waals surface area (Å²) in [5.74, 6) is -0.298. The Morgan fingerprint density at radius 1 is 1.38 bits per heavy atom. The van der Waals surface area contributed by atoms with Crippen molar-refractivity contribution in [1.29, 1.82) is 0 Å². The highest BCUT2D eigenvalue weighted by Crippen LogP contribution is 2.16. The molecule has 0 bridgehead atoms. The number of carbonyl (C=O) groups excluding carboxylic acids is 1. The Bertz CT molecular complexity index is 418. The van der Waals surface area contributed by atoms with Gasteiger partial charge in [0.25, 0.3) is 0 Å². The Kier molecular flexibility index (Phi) is 4.23. The Morgan fingerprint density at radius 2 is 2.06 bits per heavy atom. The van der Waals surface area contributed by atoms with Gasteiger partial charge < -0.3 is 4.74 Å². The molecule has 0 aliphatic carbocycles. The highest BCUT2D eigenvalue weighted by molar-refractivity contribution is 5.90. The number of ether oxygens (including phenoxy) is 1. The van der Waals surface area contributed by atoms with Gasteiger partial charge in [0.05, 0.1) is 17.9 Å². The number of esters is 1. The van der Waals surface area contributed by atoms with Crippen LogP contribution in [0.5, 0.6) is 0 Å². The lowest BCUT2D eigenvalue weighted by molar-refractivity contribution is 0.0526. The predicted octanol–water partition coefficient (Wildman–Crippen LogP) is 3.07. The highest BCUT2D eigenvalue weighted by Gasteiger charge is 2.08. The van der Waals surface area contributed by atoms with Crippen LogP contribution in [0.25, 0.3) is 5.57 Å². The summed E-state index contributed by atoms with van der Waals surface area (Å²) in [6.07, 6.45) is 1.63. The van der Waals surface area contributed by atoms with Crippen molar-refractivity contribution in [1.82, 2.24) is 4.98 Å².